The van der Waals surface area contributed by atoms with Gasteiger partial charge in [0.25, 0.3) is 0 Å². The van der Waals surface area contributed by atoms with Gasteiger partial charge < -0.3 is 10.1 Å². The molecule has 0 saturated heterocycles. The average Bonchev–Trinajstić information content (AvgIpc) is 2.42. The van der Waals surface area contributed by atoms with Gasteiger partial charge in [0.1, 0.15) is 0 Å². The molecule has 0 spiro atoms. The number of ether oxygens (including phenoxy) is 1. The molecule has 2 rings (SSSR count). The van der Waals surface area contributed by atoms with Crippen molar-refractivity contribution in [3.63, 3.8) is 0 Å². The maximum atomic E-state index is 5.99. The summed E-state index contributed by atoms with van der Waals surface area (Å²) in [4.78, 5) is 12.6. The lowest BCUT2D eigenvalue weighted by atomic mass is 10.2. The molecule has 0 unspecified atom stereocenters. The van der Waals surface area contributed by atoms with Gasteiger partial charge in [-0.25, -0.2) is 0 Å². The van der Waals surface area contributed by atoms with E-state index in [1.165, 1.54) is 0 Å². The molecule has 0 saturated carbocycles. The third-order valence-electron chi connectivity index (χ3n) is 2.29. The van der Waals surface area contributed by atoms with Gasteiger partial charge in [0, 0.05) is 12.6 Å². The molecule has 0 aliphatic heterocycles. The molecule has 5 nitrogen and oxygen atoms in total. The van der Waals surface area contributed by atoms with Crippen LogP contribution in [0.4, 0.5) is 5.95 Å². The highest BCUT2D eigenvalue weighted by atomic mass is 35.5. The van der Waals surface area contributed by atoms with Crippen LogP contribution in [-0.2, 0) is 0 Å². The number of hydrogen-bond acceptors (Lipinski definition) is 5. The molecule has 2 aromatic rings. The number of benzene rings is 1. The molecule has 1 N–H and O–H groups in total. The zero-order chi connectivity index (χ0) is 13.8. The first kappa shape index (κ1) is 13.8. The second kappa shape index (κ2) is 6.04. The van der Waals surface area contributed by atoms with Crippen LogP contribution in [0.2, 0.25) is 10.0 Å². The zero-order valence-corrected chi connectivity index (χ0v) is 12.0. The lowest BCUT2D eigenvalue weighted by Gasteiger charge is -2.07. The van der Waals surface area contributed by atoms with Crippen molar-refractivity contribution in [1.82, 2.24) is 15.0 Å². The number of halogens is 2. The van der Waals surface area contributed by atoms with E-state index in [-0.39, 0.29) is 6.01 Å². The molecule has 19 heavy (non-hydrogen) atoms. The normalized spacial score (nSPS) is 10.3. The minimum absolute atomic E-state index is 0.267. The van der Waals surface area contributed by atoms with Gasteiger partial charge in [-0.15, -0.1) is 0 Å². The fraction of sp³-hybridized carbons (Fsp3) is 0.250. The highest BCUT2D eigenvalue weighted by Crippen LogP contribution is 2.27. The van der Waals surface area contributed by atoms with E-state index in [0.717, 1.165) is 5.56 Å². The minimum Gasteiger partial charge on any atom is -0.464 e. The Morgan fingerprint density at radius 2 is 1.95 bits per heavy atom. The van der Waals surface area contributed by atoms with Crippen molar-refractivity contribution in [2.45, 2.75) is 6.92 Å². The van der Waals surface area contributed by atoms with Crippen LogP contribution in [0.5, 0.6) is 6.01 Å². The third kappa shape index (κ3) is 3.24. The van der Waals surface area contributed by atoms with Crippen LogP contribution in [0.3, 0.4) is 0 Å². The summed E-state index contributed by atoms with van der Waals surface area (Å²) in [6.45, 7) is 2.34. The standard InChI is InChI=1S/C12H12Cl2N4O/c1-3-19-12-17-10(16-11(15-2)18-12)7-4-5-8(13)9(14)6-7/h4-6H,3H2,1-2H3,(H,15,16,17,18). The van der Waals surface area contributed by atoms with Gasteiger partial charge in [-0.3, -0.25) is 0 Å². The summed E-state index contributed by atoms with van der Waals surface area (Å²) in [5.41, 5.74) is 0.745. The quantitative estimate of drug-likeness (QED) is 0.938. The van der Waals surface area contributed by atoms with Gasteiger partial charge in [-0.2, -0.15) is 15.0 Å². The molecule has 0 radical (unpaired) electrons. The lowest BCUT2D eigenvalue weighted by Crippen LogP contribution is -2.05. The van der Waals surface area contributed by atoms with Crippen LogP contribution in [0.25, 0.3) is 11.4 Å². The molecule has 0 aliphatic rings. The molecule has 0 aliphatic carbocycles. The molecule has 0 fully saturated rings. The Morgan fingerprint density at radius 1 is 1.16 bits per heavy atom. The van der Waals surface area contributed by atoms with E-state index in [2.05, 4.69) is 20.3 Å². The summed E-state index contributed by atoms with van der Waals surface area (Å²) in [6.07, 6.45) is 0. The molecular formula is C12H12Cl2N4O. The van der Waals surface area contributed by atoms with Crippen molar-refractivity contribution >= 4 is 29.2 Å². The highest BCUT2D eigenvalue weighted by molar-refractivity contribution is 6.42. The number of nitrogens with one attached hydrogen (secondary N) is 1. The van der Waals surface area contributed by atoms with Crippen LogP contribution in [0.1, 0.15) is 6.92 Å². The zero-order valence-electron chi connectivity index (χ0n) is 10.4. The first-order chi connectivity index (χ1) is 9.13. The second-order valence-electron chi connectivity index (χ2n) is 3.58. The number of anilines is 1. The van der Waals surface area contributed by atoms with Crippen molar-refractivity contribution in [1.29, 1.82) is 0 Å². The maximum absolute atomic E-state index is 5.99. The van der Waals surface area contributed by atoms with Gasteiger partial charge in [0.15, 0.2) is 5.82 Å². The number of nitrogens with zero attached hydrogens (tertiary/aromatic N) is 3. The first-order valence-electron chi connectivity index (χ1n) is 5.66. The smallest absolute Gasteiger partial charge is 0.321 e. The van der Waals surface area contributed by atoms with Crippen LogP contribution < -0.4 is 10.1 Å². The Bertz CT molecular complexity index is 592. The van der Waals surface area contributed by atoms with E-state index in [4.69, 9.17) is 27.9 Å². The van der Waals surface area contributed by atoms with Crippen LogP contribution in [-0.4, -0.2) is 28.6 Å². The lowest BCUT2D eigenvalue weighted by molar-refractivity contribution is 0.312. The summed E-state index contributed by atoms with van der Waals surface area (Å²) in [7, 11) is 1.73. The van der Waals surface area contributed by atoms with Crippen LogP contribution in [0, 0.1) is 0 Å². The Labute approximate surface area is 121 Å². The predicted molar refractivity (Wildman–Crippen MR) is 76.0 cm³/mol. The van der Waals surface area contributed by atoms with E-state index in [1.807, 2.05) is 6.92 Å². The fourth-order valence-corrected chi connectivity index (χ4v) is 1.72. The minimum atomic E-state index is 0.267. The average molecular weight is 299 g/mol. The van der Waals surface area contributed by atoms with Gasteiger partial charge in [-0.1, -0.05) is 23.2 Å². The molecule has 1 aromatic carbocycles. The highest BCUT2D eigenvalue weighted by Gasteiger charge is 2.10. The Morgan fingerprint density at radius 3 is 2.58 bits per heavy atom. The summed E-state index contributed by atoms with van der Waals surface area (Å²) in [6, 6.07) is 5.46. The molecular weight excluding hydrogens is 287 g/mol. The predicted octanol–water partition coefficient (Wildman–Crippen LogP) is 3.29. The number of hydrogen-bond donors (Lipinski definition) is 1. The van der Waals surface area contributed by atoms with Gasteiger partial charge in [0.05, 0.1) is 16.7 Å². The van der Waals surface area contributed by atoms with E-state index in [1.54, 1.807) is 25.2 Å². The molecule has 0 bridgehead atoms. The van der Waals surface area contributed by atoms with Crippen LogP contribution in [0.15, 0.2) is 18.2 Å². The van der Waals surface area contributed by atoms with E-state index < -0.39 is 0 Å². The Hall–Kier alpha value is -1.59. The fourth-order valence-electron chi connectivity index (χ4n) is 1.43. The molecule has 0 atom stereocenters. The second-order valence-corrected chi connectivity index (χ2v) is 4.39. The van der Waals surface area contributed by atoms with Crippen molar-refractivity contribution in [3.8, 4) is 17.4 Å². The third-order valence-corrected chi connectivity index (χ3v) is 3.03. The van der Waals surface area contributed by atoms with Gasteiger partial charge in [0.2, 0.25) is 5.95 Å². The van der Waals surface area contributed by atoms with E-state index in [0.29, 0.717) is 28.4 Å². The summed E-state index contributed by atoms with van der Waals surface area (Å²) < 4.78 is 5.30. The monoisotopic (exact) mass is 298 g/mol. The van der Waals surface area contributed by atoms with Crippen molar-refractivity contribution in [3.05, 3.63) is 28.2 Å². The van der Waals surface area contributed by atoms with Crippen LogP contribution >= 0.6 is 23.2 Å². The largest absolute Gasteiger partial charge is 0.464 e. The molecule has 1 aromatic heterocycles. The van der Waals surface area contributed by atoms with E-state index >= 15 is 0 Å². The molecule has 7 heteroatoms. The number of rotatable bonds is 4. The summed E-state index contributed by atoms with van der Waals surface area (Å²) in [5.74, 6) is 0.904. The van der Waals surface area contributed by atoms with Crippen molar-refractivity contribution in [2.24, 2.45) is 0 Å². The molecule has 1 heterocycles. The SMILES string of the molecule is CCOc1nc(NC)nc(-c2ccc(Cl)c(Cl)c2)n1. The summed E-state index contributed by atoms with van der Waals surface area (Å²) in [5, 5.41) is 3.79. The van der Waals surface area contributed by atoms with Crippen molar-refractivity contribution < 1.29 is 4.74 Å². The maximum Gasteiger partial charge on any atom is 0.321 e. The summed E-state index contributed by atoms with van der Waals surface area (Å²) >= 11 is 11.9. The number of aromatic nitrogens is 3. The van der Waals surface area contributed by atoms with Gasteiger partial charge >= 0.3 is 6.01 Å². The topological polar surface area (TPSA) is 59.9 Å². The Kier molecular flexibility index (Phi) is 4.39. The first-order valence-corrected chi connectivity index (χ1v) is 6.41. The van der Waals surface area contributed by atoms with Crippen molar-refractivity contribution in [2.75, 3.05) is 19.0 Å². The molecule has 0 amide bonds. The Balaban J connectivity index is 2.47. The van der Waals surface area contributed by atoms with Gasteiger partial charge in [-0.05, 0) is 25.1 Å². The van der Waals surface area contributed by atoms with E-state index in [9.17, 15) is 0 Å². The molecule has 100 valence electrons.